The van der Waals surface area contributed by atoms with Crippen molar-refractivity contribution in [2.24, 2.45) is 11.3 Å². The second kappa shape index (κ2) is 6.51. The number of carbonyl (C=O) groups excluding carboxylic acids is 1. The van der Waals surface area contributed by atoms with E-state index in [1.807, 2.05) is 0 Å². The molecule has 0 heterocycles. The van der Waals surface area contributed by atoms with Gasteiger partial charge in [0.2, 0.25) is 0 Å². The average Bonchev–Trinajstić information content (AvgIpc) is 3.41. The molecule has 28 heavy (non-hydrogen) atoms. The zero-order valence-electron chi connectivity index (χ0n) is 17.8. The molecule has 0 N–H and O–H groups in total. The lowest BCUT2D eigenvalue weighted by Crippen LogP contribution is -2.24. The standard InChI is InChI=1S/C25H30N2O/c1-16(2)25(3)13-11-19-20(12-14-25)24(27(6)21-15-22(21)28)18-10-8-7-9-17(18)23(19)26(4)5/h7-14,16,21H,15H2,1-6H3. The molecule has 4 rings (SSSR count). The Kier molecular flexibility index (Phi) is 4.37. The number of benzene rings is 2. The lowest BCUT2D eigenvalue weighted by atomic mass is 9.79. The molecule has 2 aliphatic carbocycles. The van der Waals surface area contributed by atoms with Gasteiger partial charge in [-0.25, -0.2) is 0 Å². The monoisotopic (exact) mass is 374 g/mol. The lowest BCUT2D eigenvalue weighted by molar-refractivity contribution is -0.110. The lowest BCUT2D eigenvalue weighted by Gasteiger charge is -2.28. The van der Waals surface area contributed by atoms with Gasteiger partial charge in [-0.2, -0.15) is 0 Å². The summed E-state index contributed by atoms with van der Waals surface area (Å²) in [7, 11) is 6.29. The molecule has 2 aromatic rings. The topological polar surface area (TPSA) is 23.6 Å². The van der Waals surface area contributed by atoms with E-state index in [1.54, 1.807) is 0 Å². The number of hydrogen-bond acceptors (Lipinski definition) is 3. The number of allylic oxidation sites excluding steroid dienone is 2. The minimum atomic E-state index is 0.0000287. The number of Topliss-reactive ketones (excluding diaryl/α,β-unsaturated/α-hetero) is 1. The van der Waals surface area contributed by atoms with E-state index in [9.17, 15) is 4.79 Å². The number of hydrogen-bond donors (Lipinski definition) is 0. The molecule has 3 nitrogen and oxygen atoms in total. The van der Waals surface area contributed by atoms with Crippen molar-refractivity contribution in [3.63, 3.8) is 0 Å². The Morgan fingerprint density at radius 3 is 1.93 bits per heavy atom. The van der Waals surface area contributed by atoms with E-state index in [1.165, 1.54) is 33.3 Å². The summed E-state index contributed by atoms with van der Waals surface area (Å²) in [6.07, 6.45) is 9.91. The minimum Gasteiger partial charge on any atom is -0.377 e. The predicted molar refractivity (Wildman–Crippen MR) is 121 cm³/mol. The van der Waals surface area contributed by atoms with E-state index in [-0.39, 0.29) is 11.5 Å². The van der Waals surface area contributed by atoms with Crippen LogP contribution in [-0.2, 0) is 4.79 Å². The van der Waals surface area contributed by atoms with Crippen molar-refractivity contribution in [3.8, 4) is 0 Å². The van der Waals surface area contributed by atoms with Crippen molar-refractivity contribution >= 4 is 40.1 Å². The van der Waals surface area contributed by atoms with Crippen molar-refractivity contribution in [3.05, 3.63) is 47.5 Å². The molecule has 1 fully saturated rings. The molecule has 0 aromatic heterocycles. The largest absolute Gasteiger partial charge is 0.377 e. The van der Waals surface area contributed by atoms with Gasteiger partial charge in [-0.05, 0) is 5.92 Å². The maximum Gasteiger partial charge on any atom is 0.158 e. The van der Waals surface area contributed by atoms with Gasteiger partial charge >= 0.3 is 0 Å². The van der Waals surface area contributed by atoms with Gasteiger partial charge in [0, 0.05) is 54.9 Å². The van der Waals surface area contributed by atoms with Gasteiger partial charge in [-0.1, -0.05) is 69.3 Å². The van der Waals surface area contributed by atoms with Gasteiger partial charge in [-0.3, -0.25) is 4.79 Å². The van der Waals surface area contributed by atoms with Gasteiger partial charge in [0.1, 0.15) is 0 Å². The Morgan fingerprint density at radius 2 is 1.46 bits per heavy atom. The van der Waals surface area contributed by atoms with Crippen molar-refractivity contribution in [1.29, 1.82) is 0 Å². The Labute approximate surface area is 168 Å². The molecule has 2 aliphatic rings. The minimum absolute atomic E-state index is 0.0000287. The molecule has 0 spiro atoms. The summed E-state index contributed by atoms with van der Waals surface area (Å²) in [5.74, 6) is 0.829. The fourth-order valence-electron chi connectivity index (χ4n) is 4.25. The average molecular weight is 375 g/mol. The maximum atomic E-state index is 12.0. The highest BCUT2D eigenvalue weighted by molar-refractivity contribution is 6.12. The molecule has 0 radical (unpaired) electrons. The van der Waals surface area contributed by atoms with Crippen molar-refractivity contribution in [2.75, 3.05) is 30.9 Å². The third-order valence-electron chi connectivity index (χ3n) is 6.57. The SMILES string of the molecule is CC(C)C1(C)C=Cc2c(c(N(C)C3CC3=O)c3ccccc3c2N(C)C)C=C1. The Balaban J connectivity index is 2.08. The normalized spacial score (nSPS) is 23.1. The van der Waals surface area contributed by atoms with Crippen LogP contribution in [0, 0.1) is 11.3 Å². The van der Waals surface area contributed by atoms with Gasteiger partial charge in [0.25, 0.3) is 0 Å². The maximum absolute atomic E-state index is 12.0. The number of fused-ring (bicyclic) bond motifs is 2. The number of anilines is 2. The molecule has 3 heteroatoms. The number of nitrogens with zero attached hydrogens (tertiary/aromatic N) is 2. The van der Waals surface area contributed by atoms with Gasteiger partial charge in [0.05, 0.1) is 17.4 Å². The van der Waals surface area contributed by atoms with E-state index in [0.29, 0.717) is 18.1 Å². The van der Waals surface area contributed by atoms with Crippen LogP contribution in [-0.4, -0.2) is 33.0 Å². The van der Waals surface area contributed by atoms with E-state index in [0.717, 1.165) is 0 Å². The molecule has 0 amide bonds. The van der Waals surface area contributed by atoms with Crippen LogP contribution in [0.3, 0.4) is 0 Å². The molecule has 0 bridgehead atoms. The van der Waals surface area contributed by atoms with Gasteiger partial charge in [0.15, 0.2) is 5.78 Å². The molecule has 2 unspecified atom stereocenters. The van der Waals surface area contributed by atoms with Gasteiger partial charge in [-0.15, -0.1) is 0 Å². The second-order valence-electron chi connectivity index (χ2n) is 8.95. The second-order valence-corrected chi connectivity index (χ2v) is 8.95. The summed E-state index contributed by atoms with van der Waals surface area (Å²) in [5.41, 5.74) is 4.85. The van der Waals surface area contributed by atoms with E-state index >= 15 is 0 Å². The quantitative estimate of drug-likeness (QED) is 0.671. The molecule has 1 saturated carbocycles. The van der Waals surface area contributed by atoms with Crippen LogP contribution in [0.15, 0.2) is 36.4 Å². The first kappa shape index (κ1) is 18.8. The Bertz CT molecular complexity index is 1010. The summed E-state index contributed by atoms with van der Waals surface area (Å²) in [5, 5.41) is 2.44. The van der Waals surface area contributed by atoms with Crippen LogP contribution in [0.1, 0.15) is 38.3 Å². The molecule has 146 valence electrons. The van der Waals surface area contributed by atoms with Crippen molar-refractivity contribution < 1.29 is 4.79 Å². The highest BCUT2D eigenvalue weighted by atomic mass is 16.1. The molecule has 2 aromatic carbocycles. The van der Waals surface area contributed by atoms with Crippen LogP contribution in [0.25, 0.3) is 22.9 Å². The van der Waals surface area contributed by atoms with Crippen molar-refractivity contribution in [2.45, 2.75) is 33.2 Å². The first-order valence-electron chi connectivity index (χ1n) is 10.1. The van der Waals surface area contributed by atoms with E-state index in [4.69, 9.17) is 0 Å². The third kappa shape index (κ3) is 2.85. The fourth-order valence-corrected chi connectivity index (χ4v) is 4.25. The molecule has 0 saturated heterocycles. The first-order chi connectivity index (χ1) is 13.2. The predicted octanol–water partition coefficient (Wildman–Crippen LogP) is 5.39. The number of rotatable bonds is 4. The summed E-state index contributed by atoms with van der Waals surface area (Å²) < 4.78 is 0. The highest BCUT2D eigenvalue weighted by Crippen LogP contribution is 2.47. The Morgan fingerprint density at radius 1 is 0.964 bits per heavy atom. The summed E-state index contributed by atoms with van der Waals surface area (Å²) >= 11 is 0. The summed E-state index contributed by atoms with van der Waals surface area (Å²) in [6, 6.07) is 8.58. The van der Waals surface area contributed by atoms with Crippen LogP contribution in [0.4, 0.5) is 11.4 Å². The zero-order chi connectivity index (χ0) is 20.2. The number of carbonyl (C=O) groups is 1. The highest BCUT2D eigenvalue weighted by Gasteiger charge is 2.40. The van der Waals surface area contributed by atoms with Crippen molar-refractivity contribution in [1.82, 2.24) is 0 Å². The zero-order valence-corrected chi connectivity index (χ0v) is 17.8. The van der Waals surface area contributed by atoms with Crippen LogP contribution in [0.5, 0.6) is 0 Å². The fraction of sp³-hybridized carbons (Fsp3) is 0.400. The summed E-state index contributed by atoms with van der Waals surface area (Å²) in [4.78, 5) is 16.4. The van der Waals surface area contributed by atoms with E-state index in [2.05, 4.69) is 100 Å². The van der Waals surface area contributed by atoms with Crippen LogP contribution in [0.2, 0.25) is 0 Å². The van der Waals surface area contributed by atoms with Crippen LogP contribution < -0.4 is 9.80 Å². The van der Waals surface area contributed by atoms with Gasteiger partial charge < -0.3 is 9.80 Å². The summed E-state index contributed by atoms with van der Waals surface area (Å²) in [6.45, 7) is 6.83. The van der Waals surface area contributed by atoms with E-state index < -0.39 is 0 Å². The first-order valence-corrected chi connectivity index (χ1v) is 10.1. The molecular weight excluding hydrogens is 344 g/mol. The smallest absolute Gasteiger partial charge is 0.158 e. The molecular formula is C25H30N2O. The number of ketones is 1. The number of likely N-dealkylation sites (N-methyl/N-ethyl adjacent to an activating group) is 1. The third-order valence-corrected chi connectivity index (χ3v) is 6.57. The Hall–Kier alpha value is -2.55. The van der Waals surface area contributed by atoms with Crippen LogP contribution >= 0.6 is 0 Å². The molecule has 2 atom stereocenters. The molecule has 0 aliphatic heterocycles.